The molecule has 0 saturated heterocycles. The molecular formula is C105H135Cl3N6O15S3. The van der Waals surface area contributed by atoms with Gasteiger partial charge in [-0.1, -0.05) is 170 Å². The fraction of sp³-hybridized carbons (Fsp3) is 0.571. The van der Waals surface area contributed by atoms with Crippen molar-refractivity contribution >= 4 is 99.7 Å². The molecule has 6 bridgehead atoms. The van der Waals surface area contributed by atoms with E-state index in [4.69, 9.17) is 49.0 Å². The molecule has 6 aliphatic carbocycles. The van der Waals surface area contributed by atoms with Gasteiger partial charge in [0, 0.05) is 87.3 Å². The van der Waals surface area contributed by atoms with E-state index in [1.807, 2.05) is 114 Å². The summed E-state index contributed by atoms with van der Waals surface area (Å²) in [6.07, 6.45) is 32.3. The average Bonchev–Trinajstić information content (AvgIpc) is 1.45. The third-order valence-electron chi connectivity index (χ3n) is 31.9. The van der Waals surface area contributed by atoms with Gasteiger partial charge in [-0.15, -0.1) is 0 Å². The lowest BCUT2D eigenvalue weighted by atomic mass is 9.68. The maximum atomic E-state index is 13.6. The summed E-state index contributed by atoms with van der Waals surface area (Å²) in [6, 6.07) is 34.4. The Labute approximate surface area is 797 Å². The predicted molar refractivity (Wildman–Crippen MR) is 525 cm³/mol. The molecule has 0 aromatic heterocycles. The number of aliphatic hydroxyl groups is 3. The van der Waals surface area contributed by atoms with Crippen molar-refractivity contribution in [3.05, 3.63) is 211 Å². The number of halogens is 3. The number of nitrogens with one attached hydrogen (secondary N) is 3. The first-order chi connectivity index (χ1) is 63.3. The number of hydrogen-bond donors (Lipinski definition) is 6. The van der Waals surface area contributed by atoms with Crippen molar-refractivity contribution in [2.45, 2.75) is 265 Å². The van der Waals surface area contributed by atoms with Gasteiger partial charge in [-0.3, -0.25) is 14.4 Å². The topological polar surface area (TPSA) is 288 Å². The molecule has 0 radical (unpaired) electrons. The normalized spacial score (nSPS) is 32.3. The van der Waals surface area contributed by atoms with E-state index in [1.165, 1.54) is 33.4 Å². The number of benzene rings is 6. The number of amides is 3. The number of sulfonamides is 3. The first-order valence-electron chi connectivity index (χ1n) is 48.9. The molecule has 21 nitrogen and oxygen atoms in total. The third-order valence-corrected chi connectivity index (χ3v) is 38.5. The Bertz CT molecular complexity index is 5120. The largest absolute Gasteiger partial charge is 0.490 e. The number of anilines is 3. The lowest BCUT2D eigenvalue weighted by Crippen LogP contribution is -2.49. The number of allylic oxidation sites excluding steroid dienone is 3. The van der Waals surface area contributed by atoms with Gasteiger partial charge in [-0.2, -0.15) is 0 Å². The zero-order chi connectivity index (χ0) is 93.2. The standard InChI is InChI=1S/3C35H45ClN2O5S/c3*1-3-4-10-33-23(2)7-5-9-31(39)28-14-11-26(28)20-38-21-35(17-6-8-24-18-27(36)13-15-29(24)35)22-43-32-16-12-25(19-30(32)38)34(40)37-44(33,41)42/h3*5,9,12-13,15-16,18-19,23,26,28,31,33,39H,3-4,6-8,10-11,14,17,20-22H2,1-2H3,(H,37,40)/b2*9-5+;9-5-/t23-,26+,28-,31+,33+,35+;23-,26-,28+,31-,33+,35-;23-,26-,28+,31+,33-,35-/m100/s1. The number of aliphatic hydroxyl groups excluding tert-OH is 3. The zero-order valence-electron chi connectivity index (χ0n) is 77.4. The van der Waals surface area contributed by atoms with Crippen LogP contribution in [0.5, 0.6) is 17.2 Å². The SMILES string of the molecule is CCCC[C@@H]1[C@@H](C)C/C=C/[C@H](O)[C@@H]2CC[C@H]2CN2C[C@@]3(CCCc4cc(Cl)ccc43)COc3ccc(cc32)C(=O)NS1(=O)=O.CCCC[C@H]1[C@@H](C)C/C=C\[C@@H](O)[C@@H]2CC[C@H]2CN2C[C@@]3(CCCc4cc(Cl)ccc43)COc3ccc(cc32)C(=O)NS1(=O)=O.CCCC[C@H]1[C@H](C)C/C=C/[C@H](O)[C@@H]2CC[C@H]2CN2C[C@@]3(CCCc4cc(Cl)ccc43)COc3ccc(cc32)C(=O)NS1(=O)=O. The Morgan fingerprint density at radius 1 is 0.394 bits per heavy atom. The molecule has 3 saturated carbocycles. The lowest BCUT2D eigenvalue weighted by molar-refractivity contribution is 0.0454. The van der Waals surface area contributed by atoms with Gasteiger partial charge in [-0.05, 0) is 312 Å². The summed E-state index contributed by atoms with van der Waals surface area (Å²) in [5.41, 5.74) is 10.1. The van der Waals surface area contributed by atoms with Gasteiger partial charge in [-0.25, -0.2) is 39.4 Å². The zero-order valence-corrected chi connectivity index (χ0v) is 82.1. The highest BCUT2D eigenvalue weighted by molar-refractivity contribution is 7.91. The van der Waals surface area contributed by atoms with Crippen LogP contribution in [0.25, 0.3) is 0 Å². The molecule has 3 spiro atoms. The Hall–Kier alpha value is -7.65. The van der Waals surface area contributed by atoms with Crippen molar-refractivity contribution in [2.75, 3.05) is 73.8 Å². The molecule has 714 valence electrons. The number of aryl methyl sites for hydroxylation is 3. The van der Waals surface area contributed by atoms with Crippen LogP contribution < -0.4 is 43.1 Å². The molecule has 27 heteroatoms. The highest BCUT2D eigenvalue weighted by Crippen LogP contribution is 2.53. The van der Waals surface area contributed by atoms with Crippen LogP contribution >= 0.6 is 34.8 Å². The van der Waals surface area contributed by atoms with Gasteiger partial charge >= 0.3 is 0 Å². The van der Waals surface area contributed by atoms with Crippen LogP contribution in [0.3, 0.4) is 0 Å². The molecule has 12 aliphatic rings. The van der Waals surface area contributed by atoms with Crippen LogP contribution in [0.4, 0.5) is 17.1 Å². The Kier molecular flexibility index (Phi) is 30.5. The Balaban J connectivity index is 0.000000144. The molecule has 3 amide bonds. The number of ether oxygens (including phenoxy) is 3. The van der Waals surface area contributed by atoms with E-state index in [2.05, 4.69) is 65.3 Å². The Morgan fingerprint density at radius 2 is 0.674 bits per heavy atom. The number of nitrogens with zero attached hydrogens (tertiary/aromatic N) is 3. The van der Waals surface area contributed by atoms with E-state index in [1.54, 1.807) is 36.4 Å². The quantitative estimate of drug-likeness (QED) is 0.0733. The summed E-state index contributed by atoms with van der Waals surface area (Å²) >= 11 is 19.2. The van der Waals surface area contributed by atoms with Crippen LogP contribution in [0.15, 0.2) is 146 Å². The van der Waals surface area contributed by atoms with E-state index < -0.39 is 81.9 Å². The first kappa shape index (κ1) is 97.4. The second kappa shape index (κ2) is 41.3. The first-order valence-corrected chi connectivity index (χ1v) is 54.7. The number of rotatable bonds is 9. The molecule has 6 N–H and O–H groups in total. The van der Waals surface area contributed by atoms with Crippen LogP contribution in [0, 0.1) is 53.3 Å². The van der Waals surface area contributed by atoms with Gasteiger partial charge in [0.25, 0.3) is 17.7 Å². The van der Waals surface area contributed by atoms with Gasteiger partial charge in [0.05, 0.1) is 70.9 Å². The van der Waals surface area contributed by atoms with Crippen molar-refractivity contribution in [3.8, 4) is 17.2 Å². The average molecular weight is 1920 g/mol. The molecule has 6 heterocycles. The van der Waals surface area contributed by atoms with E-state index in [0.29, 0.717) is 112 Å². The van der Waals surface area contributed by atoms with Crippen LogP contribution in [-0.2, 0) is 65.6 Å². The summed E-state index contributed by atoms with van der Waals surface area (Å²) < 4.78 is 109. The summed E-state index contributed by atoms with van der Waals surface area (Å²) in [5, 5.41) is 33.8. The third kappa shape index (κ3) is 21.1. The number of hydrogen-bond acceptors (Lipinski definition) is 18. The van der Waals surface area contributed by atoms with Crippen molar-refractivity contribution in [1.82, 2.24) is 14.2 Å². The molecule has 6 aromatic carbocycles. The van der Waals surface area contributed by atoms with Crippen LogP contribution in [0.2, 0.25) is 15.1 Å². The fourth-order valence-corrected chi connectivity index (χ4v) is 29.6. The molecule has 3 fully saturated rings. The minimum absolute atomic E-state index is 0.126. The Morgan fingerprint density at radius 3 is 0.932 bits per heavy atom. The smallest absolute Gasteiger partial charge is 0.264 e. The van der Waals surface area contributed by atoms with Gasteiger partial charge < -0.3 is 44.2 Å². The molecule has 6 aromatic rings. The molecule has 0 unspecified atom stereocenters. The molecule has 6 aliphatic heterocycles. The van der Waals surface area contributed by atoms with E-state index >= 15 is 0 Å². The summed E-state index contributed by atoms with van der Waals surface area (Å²) in [7, 11) is -11.8. The minimum atomic E-state index is -3.94. The van der Waals surface area contributed by atoms with Crippen molar-refractivity contribution < 1.29 is 69.2 Å². The van der Waals surface area contributed by atoms with Gasteiger partial charge in [0.1, 0.15) is 17.2 Å². The second-order valence-corrected chi connectivity index (χ2v) is 47.7. The molecule has 132 heavy (non-hydrogen) atoms. The lowest BCUT2D eigenvalue weighted by Gasteiger charge is -2.45. The van der Waals surface area contributed by atoms with Crippen LogP contribution in [0.1, 0.15) is 260 Å². The molecule has 18 rings (SSSR count). The number of carbonyl (C=O) groups is 3. The maximum Gasteiger partial charge on any atom is 0.264 e. The summed E-state index contributed by atoms with van der Waals surface area (Å²) in [6.45, 7) is 17.6. The maximum absolute atomic E-state index is 13.6. The predicted octanol–water partition coefficient (Wildman–Crippen LogP) is 19.2. The van der Waals surface area contributed by atoms with Crippen molar-refractivity contribution in [2.24, 2.45) is 53.3 Å². The number of fused-ring (bicyclic) bond motifs is 12. The number of carbonyl (C=O) groups excluding carboxylic acids is 3. The molecular weight excluding hydrogens is 1790 g/mol. The monoisotopic (exact) mass is 1920 g/mol. The summed E-state index contributed by atoms with van der Waals surface area (Å²) in [4.78, 5) is 47.7. The van der Waals surface area contributed by atoms with Crippen molar-refractivity contribution in [1.29, 1.82) is 0 Å². The van der Waals surface area contributed by atoms with Crippen LogP contribution in [-0.4, -0.2) is 151 Å². The fourth-order valence-electron chi connectivity index (χ4n) is 23.9. The highest BCUT2D eigenvalue weighted by atomic mass is 35.5. The minimum Gasteiger partial charge on any atom is -0.490 e. The van der Waals surface area contributed by atoms with Gasteiger partial charge in [0.15, 0.2) is 0 Å². The number of unbranched alkanes of at least 4 members (excludes halogenated alkanes) is 3. The highest BCUT2D eigenvalue weighted by Gasteiger charge is 2.50. The second-order valence-electron chi connectivity index (χ2n) is 40.7. The molecule has 18 atom stereocenters. The van der Waals surface area contributed by atoms with E-state index in [9.17, 15) is 55.0 Å². The van der Waals surface area contributed by atoms with E-state index in [-0.39, 0.29) is 69.5 Å². The van der Waals surface area contributed by atoms with Gasteiger partial charge in [0.2, 0.25) is 30.1 Å². The summed E-state index contributed by atoms with van der Waals surface area (Å²) in [5.74, 6) is 0.835. The van der Waals surface area contributed by atoms with E-state index in [0.717, 1.165) is 187 Å². The van der Waals surface area contributed by atoms with Crippen molar-refractivity contribution in [3.63, 3.8) is 0 Å².